The van der Waals surface area contributed by atoms with Crippen LogP contribution in [0.4, 0.5) is 0 Å². The number of carboxylic acids is 1. The number of hydrogen-bond acceptors (Lipinski definition) is 3. The molecule has 0 saturated carbocycles. The van der Waals surface area contributed by atoms with E-state index in [1.807, 2.05) is 43.1 Å². The third-order valence-electron chi connectivity index (χ3n) is 3.30. The lowest BCUT2D eigenvalue weighted by molar-refractivity contribution is -0.143. The summed E-state index contributed by atoms with van der Waals surface area (Å²) in [7, 11) is 1.84. The van der Waals surface area contributed by atoms with Crippen LogP contribution in [0.1, 0.15) is 18.9 Å². The number of aliphatic carboxylic acids is 1. The van der Waals surface area contributed by atoms with Crippen molar-refractivity contribution in [2.75, 3.05) is 7.05 Å². The van der Waals surface area contributed by atoms with Crippen molar-refractivity contribution < 1.29 is 9.90 Å². The predicted molar refractivity (Wildman–Crippen MR) is 74.9 cm³/mol. The fraction of sp³-hybridized carbons (Fsp3) is 0.333. The van der Waals surface area contributed by atoms with Crippen LogP contribution >= 0.6 is 0 Å². The summed E-state index contributed by atoms with van der Waals surface area (Å²) in [5.41, 5.74) is 2.06. The minimum atomic E-state index is -0.771. The number of hydrogen-bond donors (Lipinski definition) is 1. The van der Waals surface area contributed by atoms with Crippen LogP contribution in [0.5, 0.6) is 0 Å². The van der Waals surface area contributed by atoms with Gasteiger partial charge in [0.05, 0.1) is 5.52 Å². The Balaban J connectivity index is 2.18. The molecule has 100 valence electrons. The minimum absolute atomic E-state index is 0.440. The molecule has 0 aliphatic rings. The van der Waals surface area contributed by atoms with Gasteiger partial charge in [-0.1, -0.05) is 19.1 Å². The quantitative estimate of drug-likeness (QED) is 0.895. The van der Waals surface area contributed by atoms with Gasteiger partial charge in [0, 0.05) is 18.1 Å². The highest BCUT2D eigenvalue weighted by Crippen LogP contribution is 2.16. The lowest BCUT2D eigenvalue weighted by atomic mass is 10.1. The van der Waals surface area contributed by atoms with Crippen LogP contribution in [-0.2, 0) is 11.3 Å². The zero-order valence-corrected chi connectivity index (χ0v) is 11.2. The zero-order valence-electron chi connectivity index (χ0n) is 11.2. The fourth-order valence-corrected chi connectivity index (χ4v) is 2.30. The van der Waals surface area contributed by atoms with E-state index in [2.05, 4.69) is 11.1 Å². The summed E-state index contributed by atoms with van der Waals surface area (Å²) >= 11 is 0. The predicted octanol–water partition coefficient (Wildman–Crippen LogP) is 2.53. The molecule has 2 aromatic rings. The average Bonchev–Trinajstić information content (AvgIpc) is 2.39. The van der Waals surface area contributed by atoms with Crippen molar-refractivity contribution in [3.63, 3.8) is 0 Å². The first-order valence-corrected chi connectivity index (χ1v) is 6.38. The van der Waals surface area contributed by atoms with Crippen molar-refractivity contribution in [1.29, 1.82) is 0 Å². The van der Waals surface area contributed by atoms with E-state index in [0.29, 0.717) is 13.0 Å². The van der Waals surface area contributed by atoms with E-state index in [4.69, 9.17) is 5.11 Å². The Morgan fingerprint density at radius 1 is 1.42 bits per heavy atom. The molecule has 0 saturated heterocycles. The lowest BCUT2D eigenvalue weighted by Crippen LogP contribution is -2.37. The first-order chi connectivity index (χ1) is 9.11. The molecule has 0 radical (unpaired) electrons. The van der Waals surface area contributed by atoms with Crippen molar-refractivity contribution in [3.8, 4) is 0 Å². The van der Waals surface area contributed by atoms with E-state index in [1.54, 1.807) is 6.20 Å². The Bertz CT molecular complexity index is 583. The first kappa shape index (κ1) is 13.5. The highest BCUT2D eigenvalue weighted by atomic mass is 16.4. The maximum Gasteiger partial charge on any atom is 0.320 e. The summed E-state index contributed by atoms with van der Waals surface area (Å²) in [5.74, 6) is -0.771. The Morgan fingerprint density at radius 3 is 2.89 bits per heavy atom. The Morgan fingerprint density at radius 2 is 2.21 bits per heavy atom. The topological polar surface area (TPSA) is 53.4 Å². The molecule has 0 aliphatic heterocycles. The van der Waals surface area contributed by atoms with Crippen molar-refractivity contribution >= 4 is 16.9 Å². The van der Waals surface area contributed by atoms with E-state index in [0.717, 1.165) is 16.5 Å². The smallest absolute Gasteiger partial charge is 0.320 e. The molecule has 1 aromatic heterocycles. The number of aromatic nitrogens is 1. The van der Waals surface area contributed by atoms with Crippen LogP contribution in [0, 0.1) is 0 Å². The van der Waals surface area contributed by atoms with Gasteiger partial charge in [0.25, 0.3) is 0 Å². The largest absolute Gasteiger partial charge is 0.480 e. The van der Waals surface area contributed by atoms with Gasteiger partial charge in [-0.2, -0.15) is 0 Å². The minimum Gasteiger partial charge on any atom is -0.480 e. The summed E-state index contributed by atoms with van der Waals surface area (Å²) in [6, 6.07) is 9.51. The van der Waals surface area contributed by atoms with Crippen LogP contribution in [0.3, 0.4) is 0 Å². The van der Waals surface area contributed by atoms with Crippen molar-refractivity contribution in [2.45, 2.75) is 25.9 Å². The van der Waals surface area contributed by atoms with Gasteiger partial charge in [0.1, 0.15) is 6.04 Å². The summed E-state index contributed by atoms with van der Waals surface area (Å²) in [6.45, 7) is 2.51. The molecule has 1 N–H and O–H groups in total. The molecule has 0 fully saturated rings. The normalized spacial score (nSPS) is 12.8. The molecule has 2 rings (SSSR count). The van der Waals surface area contributed by atoms with E-state index in [9.17, 15) is 4.79 Å². The number of benzene rings is 1. The molecular weight excluding hydrogens is 240 g/mol. The van der Waals surface area contributed by atoms with Crippen molar-refractivity contribution in [1.82, 2.24) is 9.88 Å². The first-order valence-electron chi connectivity index (χ1n) is 6.38. The van der Waals surface area contributed by atoms with Crippen molar-refractivity contribution in [2.24, 2.45) is 0 Å². The van der Waals surface area contributed by atoms with Crippen LogP contribution in [0.25, 0.3) is 10.9 Å². The lowest BCUT2D eigenvalue weighted by Gasteiger charge is -2.23. The van der Waals surface area contributed by atoms with Gasteiger partial charge in [-0.3, -0.25) is 14.7 Å². The maximum atomic E-state index is 11.1. The van der Waals surface area contributed by atoms with E-state index in [1.165, 1.54) is 0 Å². The second-order valence-electron chi connectivity index (χ2n) is 4.71. The molecular formula is C15H18N2O2. The molecule has 0 amide bonds. The number of carbonyl (C=O) groups is 1. The molecule has 0 aliphatic carbocycles. The highest BCUT2D eigenvalue weighted by molar-refractivity contribution is 5.79. The Hall–Kier alpha value is -1.94. The molecule has 4 nitrogen and oxygen atoms in total. The second-order valence-corrected chi connectivity index (χ2v) is 4.71. The van der Waals surface area contributed by atoms with Crippen molar-refractivity contribution in [3.05, 3.63) is 42.1 Å². The molecule has 19 heavy (non-hydrogen) atoms. The molecule has 1 heterocycles. The van der Waals surface area contributed by atoms with E-state index < -0.39 is 12.0 Å². The summed E-state index contributed by atoms with van der Waals surface area (Å²) in [4.78, 5) is 17.3. The van der Waals surface area contributed by atoms with E-state index in [-0.39, 0.29) is 0 Å². The fourth-order valence-electron chi connectivity index (χ4n) is 2.30. The summed E-state index contributed by atoms with van der Waals surface area (Å²) in [5, 5.41) is 10.2. The second kappa shape index (κ2) is 5.80. The average molecular weight is 258 g/mol. The number of pyridine rings is 1. The third-order valence-corrected chi connectivity index (χ3v) is 3.30. The number of nitrogens with zero attached hydrogens (tertiary/aromatic N) is 2. The third kappa shape index (κ3) is 3.09. The number of likely N-dealkylation sites (N-methyl/N-ethyl adjacent to an activating group) is 1. The molecule has 1 unspecified atom stereocenters. The molecule has 1 atom stereocenters. The van der Waals surface area contributed by atoms with Crippen LogP contribution < -0.4 is 0 Å². The van der Waals surface area contributed by atoms with E-state index >= 15 is 0 Å². The van der Waals surface area contributed by atoms with Crippen LogP contribution in [0.2, 0.25) is 0 Å². The van der Waals surface area contributed by atoms with Gasteiger partial charge in [-0.05, 0) is 37.2 Å². The van der Waals surface area contributed by atoms with Gasteiger partial charge in [-0.15, -0.1) is 0 Å². The molecule has 0 bridgehead atoms. The van der Waals surface area contributed by atoms with Gasteiger partial charge in [0.2, 0.25) is 0 Å². The maximum absolute atomic E-state index is 11.1. The van der Waals surface area contributed by atoms with Gasteiger partial charge < -0.3 is 5.11 Å². The SMILES string of the molecule is CCC(C(=O)O)N(C)Cc1ccc2ncccc2c1. The Kier molecular flexibility index (Phi) is 4.12. The molecule has 1 aromatic carbocycles. The number of fused-ring (bicyclic) bond motifs is 1. The monoisotopic (exact) mass is 258 g/mol. The molecule has 4 heteroatoms. The van der Waals surface area contributed by atoms with Crippen LogP contribution in [0.15, 0.2) is 36.5 Å². The molecule has 0 spiro atoms. The number of carboxylic acid groups (broad SMARTS) is 1. The summed E-state index contributed by atoms with van der Waals surface area (Å²) < 4.78 is 0. The zero-order chi connectivity index (χ0) is 13.8. The summed E-state index contributed by atoms with van der Waals surface area (Å²) in [6.07, 6.45) is 2.37. The standard InChI is InChI=1S/C15H18N2O2/c1-3-14(15(18)19)17(2)10-11-6-7-13-12(9-11)5-4-8-16-13/h4-9,14H,3,10H2,1-2H3,(H,18,19). The van der Waals surface area contributed by atoms with Gasteiger partial charge in [0.15, 0.2) is 0 Å². The van der Waals surface area contributed by atoms with Crippen LogP contribution in [-0.4, -0.2) is 34.0 Å². The van der Waals surface area contributed by atoms with Gasteiger partial charge >= 0.3 is 5.97 Å². The number of rotatable bonds is 5. The Labute approximate surface area is 112 Å². The van der Waals surface area contributed by atoms with Gasteiger partial charge in [-0.25, -0.2) is 0 Å². The highest BCUT2D eigenvalue weighted by Gasteiger charge is 2.20.